The molecule has 0 radical (unpaired) electrons. The van der Waals surface area contributed by atoms with Crippen LogP contribution in [0.15, 0.2) is 0 Å². The van der Waals surface area contributed by atoms with Gasteiger partial charge in [-0.05, 0) is 0 Å². The van der Waals surface area contributed by atoms with Crippen molar-refractivity contribution in [3.05, 3.63) is 0 Å². The summed E-state index contributed by atoms with van der Waals surface area (Å²) < 4.78 is 0. The number of carboxylic acid groups (broad SMARTS) is 1. The maximum absolute atomic E-state index is 8.70. The van der Waals surface area contributed by atoms with Crippen molar-refractivity contribution in [3.63, 3.8) is 0 Å². The van der Waals surface area contributed by atoms with E-state index in [0.717, 1.165) is 0 Å². The predicted octanol–water partition coefficient (Wildman–Crippen LogP) is 5.43. The number of unbranched alkanes of at least 4 members (excludes halogenated alkanes) is 12. The summed E-state index contributed by atoms with van der Waals surface area (Å²) in [6, 6.07) is 0. The number of carbonyl (C=O) groups is 2. The van der Waals surface area contributed by atoms with Crippen LogP contribution in [-0.2, 0) is 14.5 Å². The minimum absolute atomic E-state index is 0.0694. The van der Waals surface area contributed by atoms with Crippen molar-refractivity contribution in [1.82, 2.24) is 0 Å². The normalized spacial score (nSPS) is 8.86. The fourth-order valence-corrected chi connectivity index (χ4v) is 2.09. The molecule has 0 unspecified atom stereocenters. The lowest BCUT2D eigenvalue weighted by molar-refractivity contribution is -0.217. The van der Waals surface area contributed by atoms with Gasteiger partial charge in [-0.1, -0.05) is 97.3 Å². The molecule has 0 fully saturated rings. The highest BCUT2D eigenvalue weighted by atomic mass is 17.1. The smallest absolute Gasteiger partial charge is 0.330 e. The van der Waals surface area contributed by atoms with Crippen LogP contribution in [-0.4, -0.2) is 23.3 Å². The van der Waals surface area contributed by atoms with Crippen LogP contribution in [0.5, 0.6) is 0 Å². The number of hydrogen-bond donors (Lipinski definition) is 2. The van der Waals surface area contributed by atoms with E-state index < -0.39 is 0 Å². The molecule has 22 heavy (non-hydrogen) atoms. The third kappa shape index (κ3) is 42.8. The Morgan fingerprint density at radius 3 is 1.00 bits per heavy atom. The van der Waals surface area contributed by atoms with Crippen molar-refractivity contribution >= 4 is 12.9 Å². The van der Waals surface area contributed by atoms with Crippen LogP contribution in [0.4, 0.5) is 0 Å². The first-order chi connectivity index (χ1) is 10.7. The first-order valence-corrected chi connectivity index (χ1v) is 8.56. The van der Waals surface area contributed by atoms with Gasteiger partial charge in [-0.15, -0.1) is 0 Å². The largest absolute Gasteiger partial charge is 0.483 e. The van der Waals surface area contributed by atoms with Crippen LogP contribution in [0.2, 0.25) is 0 Å². The molecule has 0 aromatic rings. The Morgan fingerprint density at radius 2 is 0.864 bits per heavy atom. The molecule has 0 saturated carbocycles. The molecule has 0 bridgehead atoms. The quantitative estimate of drug-likeness (QED) is 0.204. The Morgan fingerprint density at radius 1 is 0.682 bits per heavy atom. The van der Waals surface area contributed by atoms with Gasteiger partial charge in [-0.2, -0.15) is 0 Å². The third-order valence-electron chi connectivity index (χ3n) is 3.25. The average molecular weight is 320 g/mol. The third-order valence-corrected chi connectivity index (χ3v) is 3.25. The van der Waals surface area contributed by atoms with E-state index in [1.54, 1.807) is 0 Å². The van der Waals surface area contributed by atoms with E-state index in [-0.39, 0.29) is 12.9 Å². The minimum atomic E-state index is -0.250. The summed E-state index contributed by atoms with van der Waals surface area (Å²) in [6.07, 6.45) is 18.9. The molecule has 0 saturated heterocycles. The highest BCUT2D eigenvalue weighted by Crippen LogP contribution is 2.12. The SMILES string of the molecule is CCCCCCCCCCCCCCC.O=CO.O=COO. The molecule has 134 valence electrons. The maximum Gasteiger partial charge on any atom is 0.330 e. The molecule has 0 heterocycles. The molecule has 5 heteroatoms. The first kappa shape index (κ1) is 25.8. The number of rotatable bonds is 13. The van der Waals surface area contributed by atoms with Crippen molar-refractivity contribution in [3.8, 4) is 0 Å². The minimum Gasteiger partial charge on any atom is -0.483 e. The van der Waals surface area contributed by atoms with E-state index in [1.165, 1.54) is 83.5 Å². The summed E-state index contributed by atoms with van der Waals surface area (Å²) >= 11 is 0. The van der Waals surface area contributed by atoms with Gasteiger partial charge in [-0.25, -0.2) is 5.26 Å². The molecule has 2 N–H and O–H groups in total. The summed E-state index contributed by atoms with van der Waals surface area (Å²) in [7, 11) is 0. The van der Waals surface area contributed by atoms with Crippen LogP contribution < -0.4 is 0 Å². The van der Waals surface area contributed by atoms with Gasteiger partial charge in [0.25, 0.3) is 6.47 Å². The molecule has 0 aliphatic rings. The van der Waals surface area contributed by atoms with Crippen molar-refractivity contribution in [2.75, 3.05) is 0 Å². The number of carbonyl (C=O) groups excluding carboxylic acids is 1. The summed E-state index contributed by atoms with van der Waals surface area (Å²) in [4.78, 5) is 19.9. The van der Waals surface area contributed by atoms with Gasteiger partial charge in [0.15, 0.2) is 0 Å². The van der Waals surface area contributed by atoms with Crippen molar-refractivity contribution in [2.24, 2.45) is 0 Å². The van der Waals surface area contributed by atoms with Crippen LogP contribution in [0.3, 0.4) is 0 Å². The van der Waals surface area contributed by atoms with Gasteiger partial charge in [0.2, 0.25) is 0 Å². The van der Waals surface area contributed by atoms with E-state index in [1.807, 2.05) is 0 Å². The first-order valence-electron chi connectivity index (χ1n) is 8.56. The molecule has 0 rings (SSSR count). The molecule has 5 nitrogen and oxygen atoms in total. The monoisotopic (exact) mass is 320 g/mol. The Bertz CT molecular complexity index is 174. The summed E-state index contributed by atoms with van der Waals surface area (Å²) in [5.41, 5.74) is 0. The zero-order valence-corrected chi connectivity index (χ0v) is 14.5. The molecule has 0 aromatic heterocycles. The fraction of sp³-hybridized carbons (Fsp3) is 0.882. The van der Waals surface area contributed by atoms with Crippen molar-refractivity contribution in [1.29, 1.82) is 0 Å². The average Bonchev–Trinajstić information content (AvgIpc) is 2.54. The Labute approximate surface area is 136 Å². The molecule has 0 aromatic carbocycles. The lowest BCUT2D eigenvalue weighted by Gasteiger charge is -2.01. The zero-order valence-electron chi connectivity index (χ0n) is 14.5. The van der Waals surface area contributed by atoms with Gasteiger partial charge in [-0.3, -0.25) is 9.59 Å². The lowest BCUT2D eigenvalue weighted by Crippen LogP contribution is -1.82. The van der Waals surface area contributed by atoms with Crippen molar-refractivity contribution < 1.29 is 24.8 Å². The van der Waals surface area contributed by atoms with Crippen LogP contribution >= 0.6 is 0 Å². The zero-order chi connectivity index (χ0) is 17.3. The highest BCUT2D eigenvalue weighted by Gasteiger charge is 1.92. The molecule has 0 aliphatic heterocycles. The predicted molar refractivity (Wildman–Crippen MR) is 89.8 cm³/mol. The number of hydrogen-bond acceptors (Lipinski definition) is 4. The summed E-state index contributed by atoms with van der Waals surface area (Å²) in [5, 5.41) is 13.9. The molecule has 0 aliphatic carbocycles. The highest BCUT2D eigenvalue weighted by molar-refractivity contribution is 5.35. The molecular weight excluding hydrogens is 284 g/mol. The van der Waals surface area contributed by atoms with Gasteiger partial charge in [0.05, 0.1) is 0 Å². The van der Waals surface area contributed by atoms with E-state index >= 15 is 0 Å². The second-order valence-electron chi connectivity index (χ2n) is 5.20. The fourth-order valence-electron chi connectivity index (χ4n) is 2.09. The summed E-state index contributed by atoms with van der Waals surface area (Å²) in [6.45, 7) is 4.26. The second kappa shape index (κ2) is 32.0. The standard InChI is InChI=1S/C15H32.CH2O3.CH2O2/c1-3-5-7-9-11-13-15-14-12-10-8-6-4-2;2-1-4-3;2-1-3/h3-15H2,1-2H3;1,3H;1H,(H,2,3). The van der Waals surface area contributed by atoms with Gasteiger partial charge in [0.1, 0.15) is 0 Å². The Balaban J connectivity index is -0.000000432. The van der Waals surface area contributed by atoms with E-state index in [0.29, 0.717) is 0 Å². The van der Waals surface area contributed by atoms with E-state index in [2.05, 4.69) is 18.7 Å². The van der Waals surface area contributed by atoms with E-state index in [4.69, 9.17) is 20.0 Å². The molecule has 0 atom stereocenters. The van der Waals surface area contributed by atoms with E-state index in [9.17, 15) is 0 Å². The van der Waals surface area contributed by atoms with Crippen LogP contribution in [0.25, 0.3) is 0 Å². The molecular formula is C17H36O5. The Kier molecular flexibility index (Phi) is 37.6. The topological polar surface area (TPSA) is 83.8 Å². The Hall–Kier alpha value is -1.10. The molecule has 0 spiro atoms. The van der Waals surface area contributed by atoms with Crippen LogP contribution in [0.1, 0.15) is 97.3 Å². The maximum atomic E-state index is 8.70. The van der Waals surface area contributed by atoms with Gasteiger partial charge >= 0.3 is 6.47 Å². The second-order valence-corrected chi connectivity index (χ2v) is 5.20. The van der Waals surface area contributed by atoms with Gasteiger partial charge < -0.3 is 9.99 Å². The van der Waals surface area contributed by atoms with Gasteiger partial charge in [0, 0.05) is 0 Å². The van der Waals surface area contributed by atoms with Crippen molar-refractivity contribution in [2.45, 2.75) is 97.3 Å². The lowest BCUT2D eigenvalue weighted by atomic mass is 10.1. The summed E-state index contributed by atoms with van der Waals surface area (Å²) in [5.74, 6) is 0. The van der Waals surface area contributed by atoms with Crippen LogP contribution in [0, 0.1) is 0 Å². The molecule has 0 amide bonds.